The van der Waals surface area contributed by atoms with Crippen molar-refractivity contribution in [3.63, 3.8) is 0 Å². The van der Waals surface area contributed by atoms with Gasteiger partial charge in [-0.3, -0.25) is 9.48 Å². The fourth-order valence-electron chi connectivity index (χ4n) is 4.05. The summed E-state index contributed by atoms with van der Waals surface area (Å²) in [5.41, 5.74) is 4.27. The van der Waals surface area contributed by atoms with E-state index in [9.17, 15) is 4.79 Å². The fourth-order valence-corrected chi connectivity index (χ4v) is 4.05. The van der Waals surface area contributed by atoms with E-state index >= 15 is 0 Å². The minimum Gasteiger partial charge on any atom is -0.493 e. The molecule has 1 unspecified atom stereocenters. The van der Waals surface area contributed by atoms with Crippen LogP contribution in [0.1, 0.15) is 67.6 Å². The number of nitrogens with zero attached hydrogens (tertiary/aromatic N) is 2. The highest BCUT2D eigenvalue weighted by atomic mass is 16.5. The summed E-state index contributed by atoms with van der Waals surface area (Å²) in [7, 11) is 3.59. The van der Waals surface area contributed by atoms with Gasteiger partial charge in [-0.05, 0) is 76.1 Å². The van der Waals surface area contributed by atoms with Crippen molar-refractivity contribution in [1.29, 1.82) is 0 Å². The summed E-state index contributed by atoms with van der Waals surface area (Å²) in [6, 6.07) is 5.82. The van der Waals surface area contributed by atoms with Gasteiger partial charge in [-0.25, -0.2) is 0 Å². The van der Waals surface area contributed by atoms with E-state index in [1.807, 2.05) is 50.7 Å². The van der Waals surface area contributed by atoms with Gasteiger partial charge in [-0.15, -0.1) is 0 Å². The van der Waals surface area contributed by atoms with Crippen molar-refractivity contribution in [2.45, 2.75) is 71.4 Å². The van der Waals surface area contributed by atoms with E-state index in [0.717, 1.165) is 46.9 Å². The second-order valence-corrected chi connectivity index (χ2v) is 8.00. The molecule has 2 aromatic rings. The Labute approximate surface area is 173 Å². The van der Waals surface area contributed by atoms with Gasteiger partial charge in [0.25, 0.3) is 0 Å². The maximum absolute atomic E-state index is 12.5. The average Bonchev–Trinajstić information content (AvgIpc) is 3.28. The molecule has 1 saturated carbocycles. The lowest BCUT2D eigenvalue weighted by molar-refractivity contribution is -0.121. The number of aromatic nitrogens is 2. The number of amides is 1. The Kier molecular flexibility index (Phi) is 6.83. The van der Waals surface area contributed by atoms with Crippen molar-refractivity contribution in [1.82, 2.24) is 15.1 Å². The minimum atomic E-state index is -0.104. The average molecular weight is 400 g/mol. The first-order valence-corrected chi connectivity index (χ1v) is 10.5. The molecule has 158 valence electrons. The summed E-state index contributed by atoms with van der Waals surface area (Å²) in [6.07, 6.45) is 6.09. The monoisotopic (exact) mass is 399 g/mol. The Bertz CT molecular complexity index is 853. The Hall–Kier alpha value is -2.50. The highest BCUT2D eigenvalue weighted by Crippen LogP contribution is 2.33. The van der Waals surface area contributed by atoms with Gasteiger partial charge in [0.1, 0.15) is 0 Å². The van der Waals surface area contributed by atoms with E-state index in [0.29, 0.717) is 12.8 Å². The van der Waals surface area contributed by atoms with E-state index in [1.54, 1.807) is 7.11 Å². The second kappa shape index (κ2) is 9.33. The van der Waals surface area contributed by atoms with Crippen LogP contribution in [0.15, 0.2) is 18.2 Å². The Morgan fingerprint density at radius 2 is 2.00 bits per heavy atom. The minimum absolute atomic E-state index is 0.0328. The predicted molar refractivity (Wildman–Crippen MR) is 113 cm³/mol. The largest absolute Gasteiger partial charge is 0.493 e. The van der Waals surface area contributed by atoms with Gasteiger partial charge in [0.2, 0.25) is 5.91 Å². The molecule has 6 heteroatoms. The first kappa shape index (κ1) is 21.2. The molecule has 1 N–H and O–H groups in total. The van der Waals surface area contributed by atoms with Crippen molar-refractivity contribution in [3.05, 3.63) is 40.7 Å². The van der Waals surface area contributed by atoms with Crippen LogP contribution in [0.4, 0.5) is 0 Å². The van der Waals surface area contributed by atoms with Gasteiger partial charge in [0.15, 0.2) is 11.5 Å². The summed E-state index contributed by atoms with van der Waals surface area (Å²) >= 11 is 0. The smallest absolute Gasteiger partial charge is 0.220 e. The molecule has 1 aromatic heterocycles. The maximum atomic E-state index is 12.5. The zero-order valence-corrected chi connectivity index (χ0v) is 18.2. The Morgan fingerprint density at radius 3 is 2.62 bits per heavy atom. The third-order valence-electron chi connectivity index (χ3n) is 5.92. The third kappa shape index (κ3) is 5.11. The van der Waals surface area contributed by atoms with E-state index in [-0.39, 0.29) is 18.1 Å². The topological polar surface area (TPSA) is 65.4 Å². The molecule has 0 saturated heterocycles. The molecule has 1 amide bonds. The Morgan fingerprint density at radius 1 is 1.28 bits per heavy atom. The molecule has 1 aromatic carbocycles. The van der Waals surface area contributed by atoms with Crippen LogP contribution in [-0.4, -0.2) is 28.9 Å². The van der Waals surface area contributed by atoms with Gasteiger partial charge < -0.3 is 14.8 Å². The molecule has 0 spiro atoms. The predicted octanol–water partition coefficient (Wildman–Crippen LogP) is 4.18. The van der Waals surface area contributed by atoms with Crippen LogP contribution in [-0.2, 0) is 18.3 Å². The first-order chi connectivity index (χ1) is 13.9. The van der Waals surface area contributed by atoms with Crippen molar-refractivity contribution < 1.29 is 14.3 Å². The number of nitrogens with one attached hydrogen (secondary N) is 1. The number of rotatable bonds is 8. The molecule has 0 bridgehead atoms. The van der Waals surface area contributed by atoms with Crippen LogP contribution in [0.2, 0.25) is 0 Å². The summed E-state index contributed by atoms with van der Waals surface area (Å²) in [4.78, 5) is 12.5. The van der Waals surface area contributed by atoms with Gasteiger partial charge in [-0.2, -0.15) is 5.10 Å². The Balaban J connectivity index is 1.59. The van der Waals surface area contributed by atoms with Gasteiger partial charge in [0, 0.05) is 19.2 Å². The van der Waals surface area contributed by atoms with Crippen LogP contribution in [0.3, 0.4) is 0 Å². The zero-order chi connectivity index (χ0) is 21.0. The van der Waals surface area contributed by atoms with Gasteiger partial charge >= 0.3 is 0 Å². The molecule has 29 heavy (non-hydrogen) atoms. The number of aryl methyl sites for hydroxylation is 2. The molecule has 3 rings (SSSR count). The van der Waals surface area contributed by atoms with Crippen LogP contribution in [0.5, 0.6) is 11.5 Å². The summed E-state index contributed by atoms with van der Waals surface area (Å²) in [5.74, 6) is 1.53. The molecular formula is C23H33N3O3. The van der Waals surface area contributed by atoms with E-state index in [4.69, 9.17) is 9.47 Å². The molecule has 1 aliphatic carbocycles. The van der Waals surface area contributed by atoms with Crippen molar-refractivity contribution in [2.24, 2.45) is 7.05 Å². The first-order valence-electron chi connectivity index (χ1n) is 10.5. The van der Waals surface area contributed by atoms with Crippen molar-refractivity contribution in [3.8, 4) is 11.5 Å². The molecule has 0 aliphatic heterocycles. The van der Waals surface area contributed by atoms with Gasteiger partial charge in [-0.1, -0.05) is 6.07 Å². The summed E-state index contributed by atoms with van der Waals surface area (Å²) in [6.45, 7) is 6.02. The fraction of sp³-hybridized carbons (Fsp3) is 0.565. The van der Waals surface area contributed by atoms with Crippen LogP contribution >= 0.6 is 0 Å². The standard InChI is InChI=1S/C23H33N3O3/c1-15(24-23(27)13-11-20-16(2)25-26(4)17(20)3)18-10-12-21(22(14-18)28-5)29-19-8-6-7-9-19/h10,12,14-15,19H,6-9,11,13H2,1-5H3,(H,24,27). The number of hydrogen-bond acceptors (Lipinski definition) is 4. The number of carbonyl (C=O) groups excluding carboxylic acids is 1. The summed E-state index contributed by atoms with van der Waals surface area (Å²) in [5, 5.41) is 7.51. The van der Waals surface area contributed by atoms with Crippen LogP contribution in [0.25, 0.3) is 0 Å². The summed E-state index contributed by atoms with van der Waals surface area (Å²) < 4.78 is 13.5. The normalized spacial score (nSPS) is 15.3. The molecular weight excluding hydrogens is 366 g/mol. The van der Waals surface area contributed by atoms with E-state index in [1.165, 1.54) is 12.8 Å². The number of ether oxygens (including phenoxy) is 2. The molecule has 1 atom stereocenters. The SMILES string of the molecule is COc1cc(C(C)NC(=O)CCc2c(C)nn(C)c2C)ccc1OC1CCCC1. The zero-order valence-electron chi connectivity index (χ0n) is 18.2. The van der Waals surface area contributed by atoms with E-state index < -0.39 is 0 Å². The number of methoxy groups -OCH3 is 1. The molecule has 1 aliphatic rings. The lowest BCUT2D eigenvalue weighted by atomic mass is 10.1. The molecule has 1 fully saturated rings. The van der Waals surface area contributed by atoms with Gasteiger partial charge in [0.05, 0.1) is 24.9 Å². The van der Waals surface area contributed by atoms with Crippen molar-refractivity contribution in [2.75, 3.05) is 7.11 Å². The van der Waals surface area contributed by atoms with E-state index in [2.05, 4.69) is 10.4 Å². The number of hydrogen-bond donors (Lipinski definition) is 1. The second-order valence-electron chi connectivity index (χ2n) is 8.00. The lowest BCUT2D eigenvalue weighted by Gasteiger charge is -2.19. The molecule has 1 heterocycles. The highest BCUT2D eigenvalue weighted by molar-refractivity contribution is 5.76. The van der Waals surface area contributed by atoms with Crippen LogP contribution in [0, 0.1) is 13.8 Å². The highest BCUT2D eigenvalue weighted by Gasteiger charge is 2.20. The maximum Gasteiger partial charge on any atom is 0.220 e. The van der Waals surface area contributed by atoms with Crippen molar-refractivity contribution >= 4 is 5.91 Å². The quantitative estimate of drug-likeness (QED) is 0.723. The molecule has 6 nitrogen and oxygen atoms in total. The number of benzene rings is 1. The van der Waals surface area contributed by atoms with Crippen LogP contribution < -0.4 is 14.8 Å². The molecule has 0 radical (unpaired) electrons. The third-order valence-corrected chi connectivity index (χ3v) is 5.92. The number of carbonyl (C=O) groups is 1. The lowest BCUT2D eigenvalue weighted by Crippen LogP contribution is -2.27.